The van der Waals surface area contributed by atoms with Crippen LogP contribution in [-0.4, -0.2) is 9.97 Å². The van der Waals surface area contributed by atoms with Crippen LogP contribution in [0.2, 0.25) is 0 Å². The van der Waals surface area contributed by atoms with Crippen molar-refractivity contribution in [2.45, 2.75) is 12.4 Å². The third kappa shape index (κ3) is 3.93. The highest BCUT2D eigenvalue weighted by molar-refractivity contribution is 5.43. The lowest BCUT2D eigenvalue weighted by atomic mass is 10.3. The molecule has 23 heavy (non-hydrogen) atoms. The molecule has 5 nitrogen and oxygen atoms in total. The molecule has 1 heterocycles. The monoisotopic (exact) mass is 336 g/mol. The number of hydrogen-bond donors (Lipinski definition) is 1. The smallest absolute Gasteiger partial charge is 0.301 e. The van der Waals surface area contributed by atoms with Crippen LogP contribution in [0.5, 0.6) is 0 Å². The van der Waals surface area contributed by atoms with Crippen molar-refractivity contribution in [3.8, 4) is 0 Å². The predicted octanol–water partition coefficient (Wildman–Crippen LogP) is 4.22. The summed E-state index contributed by atoms with van der Waals surface area (Å²) in [7, 11) is 0. The summed E-state index contributed by atoms with van der Waals surface area (Å²) in [6.07, 6.45) is -10.5. The van der Waals surface area contributed by atoms with Crippen LogP contribution < -0.4 is 5.56 Å². The van der Waals surface area contributed by atoms with Gasteiger partial charge in [0.05, 0.1) is 5.69 Å². The molecule has 1 aromatic carbocycles. The Labute approximate surface area is 123 Å². The number of nitrogens with zero attached hydrogens (tertiary/aromatic N) is 3. The number of azo groups is 1. The molecule has 0 atom stereocenters. The minimum atomic E-state index is -5.31. The molecule has 0 amide bonds. The summed E-state index contributed by atoms with van der Waals surface area (Å²) in [4.78, 5) is 15.2. The minimum absolute atomic E-state index is 0.111. The molecular formula is C12H6F6N4O. The zero-order chi connectivity index (χ0) is 17.3. The second-order valence-corrected chi connectivity index (χ2v) is 4.14. The largest absolute Gasteiger partial charge is 0.449 e. The van der Waals surface area contributed by atoms with Crippen molar-refractivity contribution in [3.63, 3.8) is 0 Å². The maximum absolute atomic E-state index is 12.8. The van der Waals surface area contributed by atoms with Gasteiger partial charge in [0.25, 0.3) is 5.56 Å². The van der Waals surface area contributed by atoms with Gasteiger partial charge in [-0.3, -0.25) is 4.79 Å². The number of rotatable bonds is 2. The summed E-state index contributed by atoms with van der Waals surface area (Å²) in [5.41, 5.74) is -5.00. The van der Waals surface area contributed by atoms with Crippen LogP contribution in [0.4, 0.5) is 37.7 Å². The first-order valence-electron chi connectivity index (χ1n) is 5.84. The number of halogens is 6. The maximum Gasteiger partial charge on any atom is 0.449 e. The van der Waals surface area contributed by atoms with E-state index in [-0.39, 0.29) is 5.69 Å². The van der Waals surface area contributed by atoms with E-state index in [0.29, 0.717) is 0 Å². The van der Waals surface area contributed by atoms with Gasteiger partial charge in [-0.25, -0.2) is 4.98 Å². The molecule has 0 aliphatic heterocycles. The van der Waals surface area contributed by atoms with Gasteiger partial charge in [-0.05, 0) is 12.1 Å². The molecule has 0 radical (unpaired) electrons. The summed E-state index contributed by atoms with van der Waals surface area (Å²) in [5.74, 6) is -2.06. The first kappa shape index (κ1) is 16.6. The molecule has 0 aliphatic carbocycles. The van der Waals surface area contributed by atoms with Crippen LogP contribution in [0.15, 0.2) is 45.4 Å². The summed E-state index contributed by atoms with van der Waals surface area (Å²) in [6.45, 7) is 0. The van der Waals surface area contributed by atoms with Crippen molar-refractivity contribution in [1.82, 2.24) is 9.97 Å². The van der Waals surface area contributed by atoms with E-state index in [1.165, 1.54) is 29.2 Å². The molecule has 0 spiro atoms. The van der Waals surface area contributed by atoms with Gasteiger partial charge in [-0.2, -0.15) is 31.5 Å². The highest BCUT2D eigenvalue weighted by Crippen LogP contribution is 2.35. The third-order valence-corrected chi connectivity index (χ3v) is 2.45. The van der Waals surface area contributed by atoms with Crippen molar-refractivity contribution in [2.24, 2.45) is 10.2 Å². The van der Waals surface area contributed by atoms with Gasteiger partial charge in [-0.1, -0.05) is 18.2 Å². The van der Waals surface area contributed by atoms with Crippen LogP contribution in [0.1, 0.15) is 11.5 Å². The van der Waals surface area contributed by atoms with E-state index in [4.69, 9.17) is 0 Å². The standard InChI is InChI=1S/C12H6F6N4O/c13-11(14,15)8-7(22-21-6-4-2-1-3-5-6)9(23)20-10(19-8)12(16,17)18/h1-5H,(H,19,20,23). The summed E-state index contributed by atoms with van der Waals surface area (Å²) in [5, 5.41) is 6.48. The second kappa shape index (κ2) is 5.82. The van der Waals surface area contributed by atoms with Crippen LogP contribution in [0.3, 0.4) is 0 Å². The molecule has 0 unspecified atom stereocenters. The topological polar surface area (TPSA) is 70.5 Å². The molecule has 1 aromatic heterocycles. The number of aromatic amines is 1. The highest BCUT2D eigenvalue weighted by Gasteiger charge is 2.42. The number of aromatic nitrogens is 2. The van der Waals surface area contributed by atoms with E-state index < -0.39 is 35.1 Å². The first-order chi connectivity index (χ1) is 10.6. The summed E-state index contributed by atoms with van der Waals surface area (Å²) >= 11 is 0. The second-order valence-electron chi connectivity index (χ2n) is 4.14. The SMILES string of the molecule is O=c1[nH]c(C(F)(F)F)nc(C(F)(F)F)c1N=Nc1ccccc1. The fourth-order valence-corrected chi connectivity index (χ4v) is 1.49. The third-order valence-electron chi connectivity index (χ3n) is 2.45. The van der Waals surface area contributed by atoms with Gasteiger partial charge in [0.2, 0.25) is 5.82 Å². The lowest BCUT2D eigenvalue weighted by Gasteiger charge is -2.11. The normalized spacial score (nSPS) is 12.8. The Bertz CT molecular complexity index is 779. The number of benzene rings is 1. The van der Waals surface area contributed by atoms with E-state index in [9.17, 15) is 31.1 Å². The lowest BCUT2D eigenvalue weighted by molar-refractivity contribution is -0.152. The molecule has 0 saturated heterocycles. The van der Waals surface area contributed by atoms with Gasteiger partial charge in [0.1, 0.15) is 0 Å². The van der Waals surface area contributed by atoms with E-state index in [2.05, 4.69) is 15.2 Å². The highest BCUT2D eigenvalue weighted by atomic mass is 19.4. The minimum Gasteiger partial charge on any atom is -0.301 e. The van der Waals surface area contributed by atoms with E-state index in [1.807, 2.05) is 0 Å². The Morgan fingerprint density at radius 2 is 1.52 bits per heavy atom. The van der Waals surface area contributed by atoms with Gasteiger partial charge in [0, 0.05) is 0 Å². The molecule has 0 saturated carbocycles. The zero-order valence-electron chi connectivity index (χ0n) is 10.9. The van der Waals surface area contributed by atoms with Crippen LogP contribution in [0.25, 0.3) is 0 Å². The Morgan fingerprint density at radius 3 is 2.04 bits per heavy atom. The van der Waals surface area contributed by atoms with E-state index >= 15 is 0 Å². The van der Waals surface area contributed by atoms with Gasteiger partial charge >= 0.3 is 12.4 Å². The first-order valence-corrected chi connectivity index (χ1v) is 5.84. The molecular weight excluding hydrogens is 330 g/mol. The summed E-state index contributed by atoms with van der Waals surface area (Å²) in [6, 6.07) is 7.38. The van der Waals surface area contributed by atoms with Crippen molar-refractivity contribution in [2.75, 3.05) is 0 Å². The van der Waals surface area contributed by atoms with E-state index in [0.717, 1.165) is 0 Å². The zero-order valence-corrected chi connectivity index (χ0v) is 10.9. The Kier molecular flexibility index (Phi) is 4.21. The molecule has 2 rings (SSSR count). The Morgan fingerprint density at radius 1 is 0.913 bits per heavy atom. The quantitative estimate of drug-likeness (QED) is 0.659. The van der Waals surface area contributed by atoms with Crippen LogP contribution in [0, 0.1) is 0 Å². The fourth-order valence-electron chi connectivity index (χ4n) is 1.49. The van der Waals surface area contributed by atoms with Crippen LogP contribution in [-0.2, 0) is 12.4 Å². The Balaban J connectivity index is 2.59. The molecule has 0 bridgehead atoms. The van der Waals surface area contributed by atoms with Crippen molar-refractivity contribution in [1.29, 1.82) is 0 Å². The molecule has 0 fully saturated rings. The molecule has 122 valence electrons. The van der Waals surface area contributed by atoms with Crippen molar-refractivity contribution < 1.29 is 26.3 Å². The van der Waals surface area contributed by atoms with Gasteiger partial charge < -0.3 is 4.98 Å². The number of nitrogens with one attached hydrogen (secondary N) is 1. The average Bonchev–Trinajstić information content (AvgIpc) is 2.44. The van der Waals surface area contributed by atoms with Gasteiger partial charge in [0.15, 0.2) is 11.4 Å². The molecule has 1 N–H and O–H groups in total. The fraction of sp³-hybridized carbons (Fsp3) is 0.167. The summed E-state index contributed by atoms with van der Waals surface area (Å²) < 4.78 is 75.9. The molecule has 0 aliphatic rings. The van der Waals surface area contributed by atoms with Gasteiger partial charge in [-0.15, -0.1) is 5.11 Å². The lowest BCUT2D eigenvalue weighted by Crippen LogP contribution is -2.24. The maximum atomic E-state index is 12.8. The van der Waals surface area contributed by atoms with Crippen molar-refractivity contribution >= 4 is 11.4 Å². The molecule has 11 heteroatoms. The van der Waals surface area contributed by atoms with Crippen molar-refractivity contribution in [3.05, 3.63) is 52.2 Å². The number of H-pyrrole nitrogens is 1. The average molecular weight is 336 g/mol. The van der Waals surface area contributed by atoms with Crippen LogP contribution >= 0.6 is 0 Å². The predicted molar refractivity (Wildman–Crippen MR) is 65.5 cm³/mol. The Hall–Kier alpha value is -2.72. The number of alkyl halides is 6. The van der Waals surface area contributed by atoms with E-state index in [1.54, 1.807) is 6.07 Å². The molecule has 2 aromatic rings. The number of hydrogen-bond acceptors (Lipinski definition) is 4.